The molecule has 1 rings (SSSR count). The summed E-state index contributed by atoms with van der Waals surface area (Å²) in [5.41, 5.74) is -1.10. The van der Waals surface area contributed by atoms with E-state index in [0.717, 1.165) is 0 Å². The molecule has 0 aliphatic heterocycles. The van der Waals surface area contributed by atoms with Gasteiger partial charge in [0.15, 0.2) is 0 Å². The molecule has 0 heterocycles. The average molecular weight is 294 g/mol. The van der Waals surface area contributed by atoms with Gasteiger partial charge in [-0.15, -0.1) is 0 Å². The highest BCUT2D eigenvalue weighted by atomic mass is 35.5. The van der Waals surface area contributed by atoms with Gasteiger partial charge in [0.25, 0.3) is 0 Å². The van der Waals surface area contributed by atoms with E-state index in [-0.39, 0.29) is 22.1 Å². The van der Waals surface area contributed by atoms with Gasteiger partial charge in [-0.05, 0) is 39.8 Å². The first-order chi connectivity index (χ1) is 8.03. The Morgan fingerprint density at radius 3 is 2.22 bits per heavy atom. The normalized spacial score (nSPS) is 15.6. The molecule has 0 fully saturated rings. The maximum Gasteiger partial charge on any atom is 0.142 e. The Bertz CT molecular complexity index is 441. The van der Waals surface area contributed by atoms with E-state index in [1.54, 1.807) is 6.92 Å². The lowest BCUT2D eigenvalue weighted by Gasteiger charge is -2.30. The molecular formula is C13H18Cl2FNO. The number of hydrogen-bond acceptors (Lipinski definition) is 2. The van der Waals surface area contributed by atoms with Crippen LogP contribution in [0, 0.1) is 5.82 Å². The monoisotopic (exact) mass is 293 g/mol. The zero-order chi connectivity index (χ0) is 14.1. The number of nitrogens with one attached hydrogen (secondary N) is 1. The molecule has 102 valence electrons. The van der Waals surface area contributed by atoms with Crippen LogP contribution in [0.15, 0.2) is 12.1 Å². The van der Waals surface area contributed by atoms with Crippen molar-refractivity contribution < 1.29 is 9.50 Å². The smallest absolute Gasteiger partial charge is 0.142 e. The Kier molecular flexibility index (Phi) is 4.65. The van der Waals surface area contributed by atoms with Crippen LogP contribution in [0.2, 0.25) is 10.0 Å². The van der Waals surface area contributed by atoms with Crippen LogP contribution >= 0.6 is 23.2 Å². The van der Waals surface area contributed by atoms with Crippen LogP contribution in [0.25, 0.3) is 0 Å². The molecule has 0 aliphatic carbocycles. The van der Waals surface area contributed by atoms with Crippen molar-refractivity contribution >= 4 is 23.2 Å². The highest BCUT2D eigenvalue weighted by molar-refractivity contribution is 6.35. The number of benzene rings is 1. The number of aliphatic hydroxyl groups is 1. The summed E-state index contributed by atoms with van der Waals surface area (Å²) in [6.07, 6.45) is 0. The van der Waals surface area contributed by atoms with Gasteiger partial charge in [-0.3, -0.25) is 0 Å². The van der Waals surface area contributed by atoms with Gasteiger partial charge in [0, 0.05) is 22.7 Å². The number of hydrogen-bond donors (Lipinski definition) is 2. The standard InChI is InChI=1S/C13H18Cl2FNO/c1-12(2,3)17-7-13(4,18)8-5-11(16)10(15)6-9(8)14/h5-6,17-18H,7H2,1-4H3. The van der Waals surface area contributed by atoms with Crippen LogP contribution < -0.4 is 5.32 Å². The molecule has 5 heteroatoms. The van der Waals surface area contributed by atoms with E-state index in [1.165, 1.54) is 12.1 Å². The van der Waals surface area contributed by atoms with Crippen molar-refractivity contribution in [1.82, 2.24) is 5.32 Å². The quantitative estimate of drug-likeness (QED) is 0.833. The van der Waals surface area contributed by atoms with E-state index in [0.29, 0.717) is 5.56 Å². The molecule has 1 aromatic rings. The molecule has 1 atom stereocenters. The van der Waals surface area contributed by atoms with E-state index in [2.05, 4.69) is 5.32 Å². The fourth-order valence-corrected chi connectivity index (χ4v) is 2.05. The van der Waals surface area contributed by atoms with Gasteiger partial charge >= 0.3 is 0 Å². The molecule has 0 amide bonds. The largest absolute Gasteiger partial charge is 0.384 e. The third kappa shape index (κ3) is 4.09. The number of halogens is 3. The van der Waals surface area contributed by atoms with Gasteiger partial charge < -0.3 is 10.4 Å². The molecule has 1 aromatic carbocycles. The molecule has 0 radical (unpaired) electrons. The maximum atomic E-state index is 13.4. The third-order valence-corrected chi connectivity index (χ3v) is 3.16. The van der Waals surface area contributed by atoms with Crippen molar-refractivity contribution in [2.45, 2.75) is 38.8 Å². The van der Waals surface area contributed by atoms with E-state index >= 15 is 0 Å². The van der Waals surface area contributed by atoms with Crippen LogP contribution in [-0.4, -0.2) is 17.2 Å². The second-order valence-corrected chi connectivity index (χ2v) is 6.44. The van der Waals surface area contributed by atoms with Crippen LogP contribution in [-0.2, 0) is 5.60 Å². The summed E-state index contributed by atoms with van der Waals surface area (Å²) in [4.78, 5) is 0. The zero-order valence-corrected chi connectivity index (χ0v) is 12.5. The van der Waals surface area contributed by atoms with Crippen molar-refractivity contribution in [3.63, 3.8) is 0 Å². The van der Waals surface area contributed by atoms with Crippen molar-refractivity contribution in [1.29, 1.82) is 0 Å². The lowest BCUT2D eigenvalue weighted by atomic mass is 9.94. The molecule has 1 unspecified atom stereocenters. The van der Waals surface area contributed by atoms with Crippen LogP contribution in [0.1, 0.15) is 33.3 Å². The third-order valence-electron chi connectivity index (χ3n) is 2.55. The van der Waals surface area contributed by atoms with Gasteiger partial charge in [0.1, 0.15) is 11.4 Å². The summed E-state index contributed by atoms with van der Waals surface area (Å²) in [6.45, 7) is 7.78. The minimum atomic E-state index is -1.27. The Hall–Kier alpha value is -0.350. The molecule has 2 N–H and O–H groups in total. The fraction of sp³-hybridized carbons (Fsp3) is 0.538. The first-order valence-electron chi connectivity index (χ1n) is 5.65. The van der Waals surface area contributed by atoms with Crippen molar-refractivity contribution in [3.8, 4) is 0 Å². The molecule has 0 saturated carbocycles. The highest BCUT2D eigenvalue weighted by Crippen LogP contribution is 2.32. The Balaban J connectivity index is 3.01. The van der Waals surface area contributed by atoms with E-state index < -0.39 is 11.4 Å². The minimum Gasteiger partial charge on any atom is -0.384 e. The lowest BCUT2D eigenvalue weighted by Crippen LogP contribution is -2.45. The molecular weight excluding hydrogens is 276 g/mol. The Labute approximate surface area is 117 Å². The minimum absolute atomic E-state index is 0.0525. The summed E-state index contributed by atoms with van der Waals surface area (Å²) in [6, 6.07) is 2.48. The lowest BCUT2D eigenvalue weighted by molar-refractivity contribution is 0.0500. The molecule has 2 nitrogen and oxygen atoms in total. The fourth-order valence-electron chi connectivity index (χ4n) is 1.47. The van der Waals surface area contributed by atoms with Gasteiger partial charge in [0.2, 0.25) is 0 Å². The van der Waals surface area contributed by atoms with Gasteiger partial charge in [-0.25, -0.2) is 4.39 Å². The van der Waals surface area contributed by atoms with Crippen LogP contribution in [0.5, 0.6) is 0 Å². The molecule has 0 aliphatic rings. The Morgan fingerprint density at radius 1 is 1.17 bits per heavy atom. The summed E-state index contributed by atoms with van der Waals surface area (Å²) in [7, 11) is 0. The number of β-amino-alcohol motifs (C(OH)–C–C–N with tert-alkyl or cyclic N) is 1. The Morgan fingerprint density at radius 2 is 1.72 bits per heavy atom. The predicted octanol–water partition coefficient (Wildman–Crippen LogP) is 3.73. The van der Waals surface area contributed by atoms with E-state index in [1.807, 2.05) is 20.8 Å². The summed E-state index contributed by atoms with van der Waals surface area (Å²) in [5, 5.41) is 13.7. The van der Waals surface area contributed by atoms with E-state index in [4.69, 9.17) is 23.2 Å². The van der Waals surface area contributed by atoms with Crippen molar-refractivity contribution in [3.05, 3.63) is 33.6 Å². The van der Waals surface area contributed by atoms with Gasteiger partial charge in [-0.1, -0.05) is 23.2 Å². The molecule has 0 bridgehead atoms. The predicted molar refractivity (Wildman–Crippen MR) is 73.7 cm³/mol. The highest BCUT2D eigenvalue weighted by Gasteiger charge is 2.28. The average Bonchev–Trinajstić information content (AvgIpc) is 2.19. The zero-order valence-electron chi connectivity index (χ0n) is 10.9. The second kappa shape index (κ2) is 5.33. The summed E-state index contributed by atoms with van der Waals surface area (Å²) < 4.78 is 13.4. The van der Waals surface area contributed by atoms with Gasteiger partial charge in [0.05, 0.1) is 5.02 Å². The SMILES string of the molecule is CC(C)(C)NCC(C)(O)c1cc(F)c(Cl)cc1Cl. The second-order valence-electron chi connectivity index (χ2n) is 5.62. The van der Waals surface area contributed by atoms with Gasteiger partial charge in [-0.2, -0.15) is 0 Å². The first-order valence-corrected chi connectivity index (χ1v) is 6.41. The first kappa shape index (κ1) is 15.7. The molecule has 18 heavy (non-hydrogen) atoms. The molecule has 0 aromatic heterocycles. The summed E-state index contributed by atoms with van der Waals surface area (Å²) in [5.74, 6) is -0.591. The van der Waals surface area contributed by atoms with Crippen molar-refractivity contribution in [2.75, 3.05) is 6.54 Å². The summed E-state index contributed by atoms with van der Waals surface area (Å²) >= 11 is 11.6. The topological polar surface area (TPSA) is 32.3 Å². The molecule has 0 spiro atoms. The van der Waals surface area contributed by atoms with E-state index in [9.17, 15) is 9.50 Å². The van der Waals surface area contributed by atoms with Crippen LogP contribution in [0.4, 0.5) is 4.39 Å². The van der Waals surface area contributed by atoms with Crippen LogP contribution in [0.3, 0.4) is 0 Å². The molecule has 0 saturated heterocycles. The van der Waals surface area contributed by atoms with Crippen molar-refractivity contribution in [2.24, 2.45) is 0 Å². The maximum absolute atomic E-state index is 13.4. The number of rotatable bonds is 3.